The maximum Gasteiger partial charge on any atom is 0.322 e. The fourth-order valence-electron chi connectivity index (χ4n) is 4.36. The molecule has 3 aromatic rings. The van der Waals surface area contributed by atoms with Gasteiger partial charge < -0.3 is 20.2 Å². The van der Waals surface area contributed by atoms with E-state index in [0.717, 1.165) is 18.6 Å². The Morgan fingerprint density at radius 2 is 2.06 bits per heavy atom. The monoisotopic (exact) mass is 428 g/mol. The van der Waals surface area contributed by atoms with Gasteiger partial charge in [-0.2, -0.15) is 5.10 Å². The molecule has 2 aliphatic heterocycles. The summed E-state index contributed by atoms with van der Waals surface area (Å²) >= 11 is 0. The molecule has 2 aliphatic rings. The number of aromatic nitrogens is 3. The number of carbonyl (C=O) groups excluding carboxylic acids is 1. The summed E-state index contributed by atoms with van der Waals surface area (Å²) in [4.78, 5) is 20.7. The molecular formula is C21H22F2N6O2. The lowest BCUT2D eigenvalue weighted by Gasteiger charge is -2.26. The number of rotatable bonds is 3. The van der Waals surface area contributed by atoms with Crippen molar-refractivity contribution in [3.05, 3.63) is 53.9 Å². The summed E-state index contributed by atoms with van der Waals surface area (Å²) in [5.41, 5.74) is 1.21. The Hall–Kier alpha value is -3.27. The number of amides is 2. The van der Waals surface area contributed by atoms with E-state index in [0.29, 0.717) is 55.2 Å². The summed E-state index contributed by atoms with van der Waals surface area (Å²) in [6, 6.07) is 4.64. The van der Waals surface area contributed by atoms with Crippen LogP contribution < -0.4 is 10.2 Å². The molecule has 0 spiro atoms. The first kappa shape index (κ1) is 19.7. The van der Waals surface area contributed by atoms with Crippen LogP contribution in [0.1, 0.15) is 30.9 Å². The first-order chi connectivity index (χ1) is 15.0. The topological polar surface area (TPSA) is 86.0 Å². The molecule has 1 unspecified atom stereocenters. The number of β-amino-alcohol motifs (C(OH)–C–C–N with tert-alkyl or cyclic N) is 1. The number of halogens is 2. The maximum atomic E-state index is 14.4. The Bertz CT molecular complexity index is 1140. The maximum absolute atomic E-state index is 14.4. The fourth-order valence-corrected chi connectivity index (χ4v) is 4.36. The van der Waals surface area contributed by atoms with E-state index in [-0.39, 0.29) is 12.1 Å². The number of fused-ring (bicyclic) bond motifs is 1. The van der Waals surface area contributed by atoms with Crippen molar-refractivity contribution in [1.82, 2.24) is 19.5 Å². The third-order valence-corrected chi connectivity index (χ3v) is 5.91. The highest BCUT2D eigenvalue weighted by molar-refractivity contribution is 5.93. The molecule has 4 heterocycles. The first-order valence-corrected chi connectivity index (χ1v) is 10.3. The van der Waals surface area contributed by atoms with Gasteiger partial charge in [0.2, 0.25) is 0 Å². The Kier molecular flexibility index (Phi) is 4.93. The van der Waals surface area contributed by atoms with Crippen molar-refractivity contribution in [2.24, 2.45) is 0 Å². The molecule has 2 amide bonds. The molecule has 2 fully saturated rings. The number of nitrogens with zero attached hydrogens (tertiary/aromatic N) is 5. The van der Waals surface area contributed by atoms with E-state index in [2.05, 4.69) is 15.4 Å². The number of likely N-dealkylation sites (tertiary alicyclic amines) is 1. The average molecular weight is 428 g/mol. The Morgan fingerprint density at radius 1 is 1.19 bits per heavy atom. The second-order valence-corrected chi connectivity index (χ2v) is 7.95. The standard InChI is InChI=1S/C21H22F2N6O2/c22-13-3-4-16(23)15(10-13)18-2-1-7-28(18)19-6-9-29-20(26-19)17(11-24-29)25-21(31)27-8-5-14(30)12-27/h3-4,6,9-11,14,18,30H,1-2,5,7-8,12H2,(H,25,31)/t14?,18-/m1/s1. The minimum absolute atomic E-state index is 0.290. The molecule has 5 rings (SSSR count). The quantitative estimate of drug-likeness (QED) is 0.670. The first-order valence-electron chi connectivity index (χ1n) is 10.3. The lowest BCUT2D eigenvalue weighted by molar-refractivity contribution is 0.176. The zero-order chi connectivity index (χ0) is 21.5. The number of benzene rings is 1. The van der Waals surface area contributed by atoms with Gasteiger partial charge in [-0.3, -0.25) is 0 Å². The molecule has 0 radical (unpaired) electrons. The van der Waals surface area contributed by atoms with Gasteiger partial charge in [-0.15, -0.1) is 0 Å². The SMILES string of the molecule is O=C(Nc1cnn2ccc(N3CCC[C@@H]3c3cc(F)ccc3F)nc12)N1CCC(O)C1. The van der Waals surface area contributed by atoms with Crippen LogP contribution in [0.4, 0.5) is 25.1 Å². The van der Waals surface area contributed by atoms with Crippen molar-refractivity contribution < 1.29 is 18.7 Å². The molecule has 10 heteroatoms. The van der Waals surface area contributed by atoms with Crippen LogP contribution in [-0.2, 0) is 0 Å². The Morgan fingerprint density at radius 3 is 2.87 bits per heavy atom. The van der Waals surface area contributed by atoms with Gasteiger partial charge in [0.15, 0.2) is 5.65 Å². The van der Waals surface area contributed by atoms with Crippen molar-refractivity contribution >= 4 is 23.2 Å². The largest absolute Gasteiger partial charge is 0.391 e. The van der Waals surface area contributed by atoms with Crippen LogP contribution in [0.25, 0.3) is 5.65 Å². The number of hydrogen-bond acceptors (Lipinski definition) is 5. The number of hydrogen-bond donors (Lipinski definition) is 2. The van der Waals surface area contributed by atoms with Crippen LogP contribution >= 0.6 is 0 Å². The van der Waals surface area contributed by atoms with Gasteiger partial charge >= 0.3 is 6.03 Å². The molecule has 2 N–H and O–H groups in total. The molecule has 162 valence electrons. The molecule has 8 nitrogen and oxygen atoms in total. The smallest absolute Gasteiger partial charge is 0.322 e. The molecule has 2 atom stereocenters. The van der Waals surface area contributed by atoms with Gasteiger partial charge in [-0.1, -0.05) is 0 Å². The molecule has 31 heavy (non-hydrogen) atoms. The van der Waals surface area contributed by atoms with Gasteiger partial charge in [-0.05, 0) is 43.5 Å². The summed E-state index contributed by atoms with van der Waals surface area (Å²) in [6.45, 7) is 1.43. The number of aliphatic hydroxyl groups is 1. The fraction of sp³-hybridized carbons (Fsp3) is 0.381. The number of nitrogens with one attached hydrogen (secondary N) is 1. The molecule has 0 saturated carbocycles. The zero-order valence-electron chi connectivity index (χ0n) is 16.7. The minimum atomic E-state index is -0.505. The molecule has 2 saturated heterocycles. The highest BCUT2D eigenvalue weighted by Crippen LogP contribution is 2.37. The predicted molar refractivity (Wildman–Crippen MR) is 110 cm³/mol. The van der Waals surface area contributed by atoms with Gasteiger partial charge in [0.25, 0.3) is 0 Å². The van der Waals surface area contributed by atoms with Crippen LogP contribution in [0.5, 0.6) is 0 Å². The highest BCUT2D eigenvalue weighted by Gasteiger charge is 2.30. The summed E-state index contributed by atoms with van der Waals surface area (Å²) in [6.07, 6.45) is 4.81. The number of aliphatic hydroxyl groups excluding tert-OH is 1. The number of anilines is 2. The van der Waals surface area contributed by atoms with Crippen molar-refractivity contribution in [3.63, 3.8) is 0 Å². The van der Waals surface area contributed by atoms with Crippen LogP contribution in [0, 0.1) is 11.6 Å². The van der Waals surface area contributed by atoms with E-state index in [9.17, 15) is 18.7 Å². The van der Waals surface area contributed by atoms with Crippen molar-refractivity contribution in [1.29, 1.82) is 0 Å². The lowest BCUT2D eigenvalue weighted by atomic mass is 10.0. The molecule has 0 bridgehead atoms. The molecule has 1 aromatic carbocycles. The van der Waals surface area contributed by atoms with Crippen molar-refractivity contribution in [2.45, 2.75) is 31.4 Å². The third kappa shape index (κ3) is 3.67. The van der Waals surface area contributed by atoms with E-state index in [1.165, 1.54) is 12.3 Å². The van der Waals surface area contributed by atoms with Gasteiger partial charge in [0.05, 0.1) is 18.3 Å². The highest BCUT2D eigenvalue weighted by atomic mass is 19.1. The number of carbonyl (C=O) groups is 1. The van der Waals surface area contributed by atoms with Crippen LogP contribution in [0.3, 0.4) is 0 Å². The van der Waals surface area contributed by atoms with Crippen LogP contribution in [-0.4, -0.2) is 56.4 Å². The summed E-state index contributed by atoms with van der Waals surface area (Å²) in [7, 11) is 0. The summed E-state index contributed by atoms with van der Waals surface area (Å²) in [5, 5.41) is 16.7. The minimum Gasteiger partial charge on any atom is -0.391 e. The van der Waals surface area contributed by atoms with E-state index in [4.69, 9.17) is 0 Å². The average Bonchev–Trinajstić information content (AvgIpc) is 3.49. The van der Waals surface area contributed by atoms with Gasteiger partial charge in [0.1, 0.15) is 23.1 Å². The predicted octanol–water partition coefficient (Wildman–Crippen LogP) is 2.95. The molecular weight excluding hydrogens is 406 g/mol. The summed E-state index contributed by atoms with van der Waals surface area (Å²) < 4.78 is 29.7. The van der Waals surface area contributed by atoms with Gasteiger partial charge in [-0.25, -0.2) is 23.1 Å². The van der Waals surface area contributed by atoms with Crippen LogP contribution in [0.2, 0.25) is 0 Å². The lowest BCUT2D eigenvalue weighted by Crippen LogP contribution is -2.33. The van der Waals surface area contributed by atoms with E-state index in [1.807, 2.05) is 4.90 Å². The summed E-state index contributed by atoms with van der Waals surface area (Å²) in [5.74, 6) is -0.310. The second kappa shape index (κ2) is 7.77. The molecule has 2 aromatic heterocycles. The zero-order valence-corrected chi connectivity index (χ0v) is 16.7. The van der Waals surface area contributed by atoms with Crippen molar-refractivity contribution in [3.8, 4) is 0 Å². The van der Waals surface area contributed by atoms with Crippen LogP contribution in [0.15, 0.2) is 36.7 Å². The second-order valence-electron chi connectivity index (χ2n) is 7.95. The molecule has 0 aliphatic carbocycles. The Labute approximate surface area is 177 Å². The van der Waals surface area contributed by atoms with E-state index < -0.39 is 17.7 Å². The van der Waals surface area contributed by atoms with E-state index in [1.54, 1.807) is 21.7 Å². The third-order valence-electron chi connectivity index (χ3n) is 5.91. The normalized spacial score (nSPS) is 21.3. The van der Waals surface area contributed by atoms with Gasteiger partial charge in [0, 0.05) is 31.4 Å². The number of urea groups is 1. The van der Waals surface area contributed by atoms with Crippen molar-refractivity contribution in [2.75, 3.05) is 29.9 Å². The Balaban J connectivity index is 1.43. The van der Waals surface area contributed by atoms with E-state index >= 15 is 0 Å².